The molecule has 0 saturated heterocycles. The standard InChI is InChI=1S/C14H29NO4/c1-11(2)19-6-5-18-10-14(17)9-15-8-12-3-4-13(16)7-12/h11-17H,3-10H2,1-2H3. The van der Waals surface area contributed by atoms with Crippen molar-refractivity contribution in [3.63, 3.8) is 0 Å². The molecule has 19 heavy (non-hydrogen) atoms. The fourth-order valence-electron chi connectivity index (χ4n) is 2.31. The molecule has 3 atom stereocenters. The predicted octanol–water partition coefficient (Wildman–Crippen LogP) is 0.540. The Morgan fingerprint density at radius 2 is 2.05 bits per heavy atom. The summed E-state index contributed by atoms with van der Waals surface area (Å²) in [5, 5.41) is 22.3. The van der Waals surface area contributed by atoms with Gasteiger partial charge in [0.05, 0.1) is 38.1 Å². The van der Waals surface area contributed by atoms with Crippen molar-refractivity contribution in [1.29, 1.82) is 0 Å². The van der Waals surface area contributed by atoms with Crippen LogP contribution in [0, 0.1) is 5.92 Å². The van der Waals surface area contributed by atoms with Crippen LogP contribution in [0.3, 0.4) is 0 Å². The van der Waals surface area contributed by atoms with Gasteiger partial charge in [0.25, 0.3) is 0 Å². The minimum Gasteiger partial charge on any atom is -0.393 e. The topological polar surface area (TPSA) is 71.0 Å². The molecule has 3 unspecified atom stereocenters. The van der Waals surface area contributed by atoms with Crippen LogP contribution in [0.1, 0.15) is 33.1 Å². The fourth-order valence-corrected chi connectivity index (χ4v) is 2.31. The maximum Gasteiger partial charge on any atom is 0.0897 e. The molecule has 1 aliphatic carbocycles. The molecule has 5 nitrogen and oxygen atoms in total. The van der Waals surface area contributed by atoms with Crippen molar-refractivity contribution < 1.29 is 19.7 Å². The lowest BCUT2D eigenvalue weighted by molar-refractivity contribution is -0.0101. The highest BCUT2D eigenvalue weighted by Crippen LogP contribution is 2.24. The summed E-state index contributed by atoms with van der Waals surface area (Å²) in [5.41, 5.74) is 0. The monoisotopic (exact) mass is 275 g/mol. The Bertz CT molecular complexity index is 225. The van der Waals surface area contributed by atoms with Crippen LogP contribution in [0.2, 0.25) is 0 Å². The Hall–Kier alpha value is -0.200. The molecule has 1 aliphatic rings. The first-order valence-electron chi connectivity index (χ1n) is 7.34. The first-order valence-corrected chi connectivity index (χ1v) is 7.34. The van der Waals surface area contributed by atoms with E-state index in [4.69, 9.17) is 9.47 Å². The van der Waals surface area contributed by atoms with Gasteiger partial charge >= 0.3 is 0 Å². The molecule has 1 saturated carbocycles. The quantitative estimate of drug-likeness (QED) is 0.508. The van der Waals surface area contributed by atoms with Crippen LogP contribution < -0.4 is 5.32 Å². The van der Waals surface area contributed by atoms with E-state index in [-0.39, 0.29) is 12.2 Å². The van der Waals surface area contributed by atoms with Crippen LogP contribution in [0.5, 0.6) is 0 Å². The normalized spacial score (nSPS) is 25.1. The zero-order chi connectivity index (χ0) is 14.1. The van der Waals surface area contributed by atoms with E-state index in [0.29, 0.717) is 32.3 Å². The van der Waals surface area contributed by atoms with Crippen molar-refractivity contribution in [2.24, 2.45) is 5.92 Å². The Labute approximate surface area is 116 Å². The van der Waals surface area contributed by atoms with Gasteiger partial charge in [-0.3, -0.25) is 0 Å². The number of hydrogen-bond donors (Lipinski definition) is 3. The van der Waals surface area contributed by atoms with Gasteiger partial charge in [0, 0.05) is 6.54 Å². The highest BCUT2D eigenvalue weighted by atomic mass is 16.5. The molecule has 0 aromatic carbocycles. The number of rotatable bonds is 10. The third-order valence-electron chi connectivity index (χ3n) is 3.32. The van der Waals surface area contributed by atoms with E-state index in [9.17, 15) is 10.2 Å². The lowest BCUT2D eigenvalue weighted by Crippen LogP contribution is -2.33. The molecule has 0 heterocycles. The molecule has 5 heteroatoms. The summed E-state index contributed by atoms with van der Waals surface area (Å²) in [6.45, 7) is 6.79. The summed E-state index contributed by atoms with van der Waals surface area (Å²) in [6, 6.07) is 0. The van der Waals surface area contributed by atoms with Gasteiger partial charge in [-0.1, -0.05) is 0 Å². The van der Waals surface area contributed by atoms with Gasteiger partial charge in [0.1, 0.15) is 0 Å². The molecule has 0 amide bonds. The molecule has 0 radical (unpaired) electrons. The van der Waals surface area contributed by atoms with Crippen LogP contribution in [0.4, 0.5) is 0 Å². The Morgan fingerprint density at radius 3 is 2.68 bits per heavy atom. The van der Waals surface area contributed by atoms with E-state index in [1.807, 2.05) is 13.8 Å². The molecule has 0 aliphatic heterocycles. The molecule has 0 aromatic rings. The van der Waals surface area contributed by atoms with Crippen molar-refractivity contribution in [2.45, 2.75) is 51.4 Å². The van der Waals surface area contributed by atoms with Crippen molar-refractivity contribution in [1.82, 2.24) is 5.32 Å². The second-order valence-electron chi connectivity index (χ2n) is 5.64. The summed E-state index contributed by atoms with van der Waals surface area (Å²) < 4.78 is 10.7. The molecule has 114 valence electrons. The molecular weight excluding hydrogens is 246 g/mol. The van der Waals surface area contributed by atoms with Gasteiger partial charge < -0.3 is 25.0 Å². The number of hydrogen-bond acceptors (Lipinski definition) is 5. The lowest BCUT2D eigenvalue weighted by atomic mass is 10.1. The molecule has 0 spiro atoms. The van der Waals surface area contributed by atoms with E-state index in [0.717, 1.165) is 25.8 Å². The van der Waals surface area contributed by atoms with E-state index < -0.39 is 6.10 Å². The second kappa shape index (κ2) is 9.66. The van der Waals surface area contributed by atoms with Crippen molar-refractivity contribution in [3.05, 3.63) is 0 Å². The van der Waals surface area contributed by atoms with Crippen LogP contribution in [-0.2, 0) is 9.47 Å². The second-order valence-corrected chi connectivity index (χ2v) is 5.64. The zero-order valence-corrected chi connectivity index (χ0v) is 12.2. The van der Waals surface area contributed by atoms with Gasteiger partial charge in [0.15, 0.2) is 0 Å². The van der Waals surface area contributed by atoms with Gasteiger partial charge in [-0.15, -0.1) is 0 Å². The number of aliphatic hydroxyl groups is 2. The zero-order valence-electron chi connectivity index (χ0n) is 12.2. The van der Waals surface area contributed by atoms with Crippen LogP contribution in [0.15, 0.2) is 0 Å². The average Bonchev–Trinajstić information content (AvgIpc) is 2.74. The van der Waals surface area contributed by atoms with Crippen LogP contribution in [-0.4, -0.2) is 61.4 Å². The minimum atomic E-state index is -0.481. The maximum absolute atomic E-state index is 9.71. The first-order chi connectivity index (χ1) is 9.08. The Morgan fingerprint density at radius 1 is 1.26 bits per heavy atom. The predicted molar refractivity (Wildman–Crippen MR) is 74.1 cm³/mol. The highest BCUT2D eigenvalue weighted by Gasteiger charge is 2.22. The first kappa shape index (κ1) is 16.9. The number of ether oxygens (including phenoxy) is 2. The molecule has 1 fully saturated rings. The Balaban J connectivity index is 1.89. The van der Waals surface area contributed by atoms with Crippen molar-refractivity contribution in [2.75, 3.05) is 32.9 Å². The van der Waals surface area contributed by atoms with Gasteiger partial charge in [-0.2, -0.15) is 0 Å². The lowest BCUT2D eigenvalue weighted by Gasteiger charge is -2.15. The van der Waals surface area contributed by atoms with Crippen molar-refractivity contribution >= 4 is 0 Å². The molecule has 1 rings (SSSR count). The number of aliphatic hydroxyl groups excluding tert-OH is 2. The largest absolute Gasteiger partial charge is 0.393 e. The summed E-state index contributed by atoms with van der Waals surface area (Å²) in [6.07, 6.45) is 2.48. The molecular formula is C14H29NO4. The SMILES string of the molecule is CC(C)OCCOCC(O)CNCC1CCC(O)C1. The molecule has 0 bridgehead atoms. The summed E-state index contributed by atoms with van der Waals surface area (Å²) in [7, 11) is 0. The highest BCUT2D eigenvalue weighted by molar-refractivity contribution is 4.76. The summed E-state index contributed by atoms with van der Waals surface area (Å²) in [5.74, 6) is 0.544. The summed E-state index contributed by atoms with van der Waals surface area (Å²) >= 11 is 0. The van der Waals surface area contributed by atoms with Gasteiger partial charge in [-0.25, -0.2) is 0 Å². The van der Waals surface area contributed by atoms with Gasteiger partial charge in [0.2, 0.25) is 0 Å². The van der Waals surface area contributed by atoms with Crippen LogP contribution in [0.25, 0.3) is 0 Å². The average molecular weight is 275 g/mol. The number of nitrogens with one attached hydrogen (secondary N) is 1. The summed E-state index contributed by atoms with van der Waals surface area (Å²) in [4.78, 5) is 0. The minimum absolute atomic E-state index is 0.124. The third-order valence-corrected chi connectivity index (χ3v) is 3.32. The third kappa shape index (κ3) is 8.55. The molecule has 0 aromatic heterocycles. The Kier molecular flexibility index (Phi) is 8.57. The smallest absolute Gasteiger partial charge is 0.0897 e. The molecule has 3 N–H and O–H groups in total. The van der Waals surface area contributed by atoms with E-state index in [1.165, 1.54) is 0 Å². The fraction of sp³-hybridized carbons (Fsp3) is 1.00. The van der Waals surface area contributed by atoms with Crippen LogP contribution >= 0.6 is 0 Å². The van der Waals surface area contributed by atoms with E-state index in [2.05, 4.69) is 5.32 Å². The van der Waals surface area contributed by atoms with E-state index >= 15 is 0 Å². The maximum atomic E-state index is 9.71. The van der Waals surface area contributed by atoms with E-state index in [1.54, 1.807) is 0 Å². The van der Waals surface area contributed by atoms with Crippen molar-refractivity contribution in [3.8, 4) is 0 Å². The van der Waals surface area contributed by atoms with Gasteiger partial charge in [-0.05, 0) is 45.6 Å².